The molecule has 4 aliphatic carbocycles. The lowest BCUT2D eigenvalue weighted by atomic mass is 9.58. The van der Waals surface area contributed by atoms with Crippen LogP contribution in [0, 0.1) is 47.6 Å². The van der Waals surface area contributed by atoms with Gasteiger partial charge in [0.15, 0.2) is 5.78 Å². The number of carbonyl (C=O) groups excluding carboxylic acids is 12. The number of nitrogens with zero attached hydrogens (tertiary/aromatic N) is 8. The SMILES string of the molecule is CCC[C@H]1C(=O)N[C@@H]([C@@H](C)CC)C(=O)N(C2CC2)CC(=O)N(C)[C@H]2C/C=C\CCC(C2=O)[C@H](Cc2ccc(C)cc2)C(=O)N(C)CC(=O)N[C@H](CCc2cc(F)c(C(F)(F)F)c(F)c2)C(=O)N2N[C@H](OCC)C[C@H]2C(=O)NC2(CC(C)(C)C2)C(=O)N(C)[C@@H](C2CCCC2)C(=O)N(C)[C@H](C(=O)N(C)C)CC(=O)N1C. The second kappa shape index (κ2) is 36.0. The number of halogens is 5. The molecule has 11 amide bonds. The molecule has 11 atom stereocenters. The molecule has 6 aliphatic rings. The lowest BCUT2D eigenvalue weighted by molar-refractivity contribution is -0.161. The van der Waals surface area contributed by atoms with E-state index in [9.17, 15) is 37.1 Å². The maximum absolute atomic E-state index is 15.8. The number of likely N-dealkylation sites (N-methyl/N-ethyl adjacent to an activating group) is 6. The molecule has 8 rings (SSSR count). The summed E-state index contributed by atoms with van der Waals surface area (Å²) in [7, 11) is 9.86. The predicted octanol–water partition coefficient (Wildman–Crippen LogP) is 6.41. The van der Waals surface area contributed by atoms with Crippen LogP contribution in [0.4, 0.5) is 22.0 Å². The van der Waals surface area contributed by atoms with Crippen molar-refractivity contribution in [3.63, 3.8) is 0 Å². The van der Waals surface area contributed by atoms with Gasteiger partial charge in [0.2, 0.25) is 59.1 Å². The van der Waals surface area contributed by atoms with Gasteiger partial charge in [0.1, 0.15) is 71.8 Å². The Morgan fingerprint density at radius 2 is 1.36 bits per heavy atom. The monoisotopic (exact) mass is 1520 g/mol. The minimum atomic E-state index is -5.42. The number of hydrogen-bond donors (Lipinski definition) is 4. The molecule has 2 aromatic carbocycles. The molecule has 0 aromatic heterocycles. The van der Waals surface area contributed by atoms with Crippen LogP contribution in [0.5, 0.6) is 0 Å². The van der Waals surface area contributed by atoms with Crippen LogP contribution in [0.1, 0.15) is 173 Å². The van der Waals surface area contributed by atoms with E-state index in [1.807, 2.05) is 52.8 Å². The third-order valence-electron chi connectivity index (χ3n) is 22.7. The van der Waals surface area contributed by atoms with Crippen LogP contribution in [0.3, 0.4) is 0 Å². The van der Waals surface area contributed by atoms with Gasteiger partial charge in [-0.05, 0) is 138 Å². The van der Waals surface area contributed by atoms with Gasteiger partial charge in [-0.1, -0.05) is 102 Å². The lowest BCUT2D eigenvalue weighted by Gasteiger charge is -2.54. The van der Waals surface area contributed by atoms with E-state index in [1.165, 1.54) is 73.8 Å². The molecule has 2 aromatic rings. The van der Waals surface area contributed by atoms with Crippen LogP contribution in [0.25, 0.3) is 0 Å². The van der Waals surface area contributed by atoms with Crippen LogP contribution in [-0.2, 0) is 81.3 Å². The van der Waals surface area contributed by atoms with Crippen LogP contribution < -0.4 is 21.4 Å². The van der Waals surface area contributed by atoms with Gasteiger partial charge in [-0.15, -0.1) is 0 Å². The highest BCUT2D eigenvalue weighted by molar-refractivity contribution is 6.01. The van der Waals surface area contributed by atoms with Gasteiger partial charge in [0, 0.05) is 74.3 Å². The summed E-state index contributed by atoms with van der Waals surface area (Å²) in [4.78, 5) is 191. The Hall–Kier alpha value is -8.41. The quantitative estimate of drug-likeness (QED) is 0.118. The van der Waals surface area contributed by atoms with Crippen molar-refractivity contribution >= 4 is 70.8 Å². The second-order valence-electron chi connectivity index (χ2n) is 31.7. The van der Waals surface area contributed by atoms with Crippen LogP contribution >= 0.6 is 0 Å². The van der Waals surface area contributed by atoms with Crippen molar-refractivity contribution in [1.82, 2.24) is 60.7 Å². The van der Waals surface area contributed by atoms with E-state index < -0.39 is 216 Å². The minimum absolute atomic E-state index is 0.0136. The number of hydrogen-bond acceptors (Lipinski definition) is 14. The van der Waals surface area contributed by atoms with Crippen molar-refractivity contribution in [2.45, 2.75) is 237 Å². The first-order chi connectivity index (χ1) is 50.8. The lowest BCUT2D eigenvalue weighted by Crippen LogP contribution is -2.71. The molecule has 4 N–H and O–H groups in total. The highest BCUT2D eigenvalue weighted by Gasteiger charge is 2.59. The van der Waals surface area contributed by atoms with Crippen molar-refractivity contribution in [1.29, 1.82) is 0 Å². The number of amides is 11. The number of allylic oxidation sites excluding steroid dienone is 1. The molecule has 2 heterocycles. The average Bonchev–Trinajstić information content (AvgIpc) is 1.29. The fourth-order valence-electron chi connectivity index (χ4n) is 16.4. The molecule has 596 valence electrons. The van der Waals surface area contributed by atoms with Gasteiger partial charge < -0.3 is 55.0 Å². The fourth-order valence-corrected chi connectivity index (χ4v) is 16.4. The number of Topliss-reactive ketones (excluding diaryl/α,β-unsaturated/α-hetero) is 1. The molecule has 25 nitrogen and oxygen atoms in total. The Morgan fingerprint density at radius 1 is 0.722 bits per heavy atom. The number of benzene rings is 2. The molecule has 3 saturated carbocycles. The smallest absolute Gasteiger partial charge is 0.362 e. The third kappa shape index (κ3) is 20.0. The Balaban J connectivity index is 1.24. The zero-order valence-electron chi connectivity index (χ0n) is 65.0. The molecular weight excluding hydrogens is 1410 g/mol. The number of ether oxygens (including phenoxy) is 1. The zero-order valence-corrected chi connectivity index (χ0v) is 65.0. The van der Waals surface area contributed by atoms with Gasteiger partial charge in [-0.25, -0.2) is 14.2 Å². The standard InChI is InChI=1S/C78H111F5N12O13/c1-15-23-57-68(100)85-65(46(5)16-2)73(105)94(50-33-34-50)42-63(98)90(11)56-27-20-18-19-26-51(67(56)99)52(36-47-30-28-45(4)29-31-47)70(102)89(10)41-60(96)84-55(35-32-48-37-53(79)64(54(80)38-48)78(81,82)83)71(103)95-58(39-61(87-95)108-17-3)69(101)86-77(43-76(6,7)44-77)75(107)93(14)66(49-24-21-22-25-49)74(106)92(13)59(72(104)88(8)9)40-62(97)91(57)12/h18,20,28-31,37-38,46,49-52,55-59,61,65-66,87H,15-17,19,21-27,32-36,39-44H2,1-14H3,(H,84,96)(H,85,100)(H,86,101)/b20-18-/t46-,51?,52-,55+,56-,57-,58-,59-,61+,65-,66-/m0/s1. The summed E-state index contributed by atoms with van der Waals surface area (Å²) < 4.78 is 78.1. The Kier molecular flexibility index (Phi) is 28.4. The molecule has 2 aliphatic heterocycles. The van der Waals surface area contributed by atoms with Crippen molar-refractivity contribution in [3.8, 4) is 0 Å². The number of carbonyl (C=O) groups is 12. The summed E-state index contributed by atoms with van der Waals surface area (Å²) in [5.74, 6) is -16.0. The molecule has 0 radical (unpaired) electrons. The topological polar surface area (TPSA) is 288 Å². The van der Waals surface area contributed by atoms with Crippen molar-refractivity contribution < 1.29 is 84.2 Å². The van der Waals surface area contributed by atoms with Crippen molar-refractivity contribution in [3.05, 3.63) is 82.4 Å². The summed E-state index contributed by atoms with van der Waals surface area (Å²) >= 11 is 0. The Labute approximate surface area is 630 Å². The highest BCUT2D eigenvalue weighted by atomic mass is 19.4. The van der Waals surface area contributed by atoms with E-state index in [0.29, 0.717) is 75.5 Å². The van der Waals surface area contributed by atoms with Gasteiger partial charge >= 0.3 is 6.18 Å². The van der Waals surface area contributed by atoms with E-state index in [1.54, 1.807) is 32.1 Å². The highest BCUT2D eigenvalue weighted by Crippen LogP contribution is 2.50. The fraction of sp³-hybridized carbons (Fsp3) is 0.667. The van der Waals surface area contributed by atoms with Crippen LogP contribution in [0.15, 0.2) is 48.6 Å². The summed E-state index contributed by atoms with van der Waals surface area (Å²) in [6.07, 6.45) is -0.238. The van der Waals surface area contributed by atoms with E-state index in [-0.39, 0.29) is 57.1 Å². The van der Waals surface area contributed by atoms with Crippen LogP contribution in [-0.4, -0.2) is 239 Å². The molecule has 5 fully saturated rings. The molecular formula is C78H111F5N12O13. The van der Waals surface area contributed by atoms with Crippen molar-refractivity contribution in [2.75, 3.05) is 69.0 Å². The predicted molar refractivity (Wildman–Crippen MR) is 389 cm³/mol. The number of ketones is 1. The van der Waals surface area contributed by atoms with Gasteiger partial charge in [0.05, 0.1) is 24.9 Å². The normalized spacial score (nSPS) is 27.7. The molecule has 2 saturated heterocycles. The second-order valence-corrected chi connectivity index (χ2v) is 31.7. The maximum Gasteiger partial charge on any atom is 0.422 e. The molecule has 2 bridgehead atoms. The number of hydrazine groups is 1. The van der Waals surface area contributed by atoms with Crippen LogP contribution in [0.2, 0.25) is 0 Å². The first-order valence-corrected chi connectivity index (χ1v) is 38.0. The summed E-state index contributed by atoms with van der Waals surface area (Å²) in [5, 5.41) is 9.42. The first-order valence-electron chi connectivity index (χ1n) is 38.0. The number of rotatable bonds is 14. The van der Waals surface area contributed by atoms with Gasteiger partial charge in [0.25, 0.3) is 5.91 Å². The Bertz CT molecular complexity index is 3670. The molecule has 1 unspecified atom stereocenters. The minimum Gasteiger partial charge on any atom is -0.362 e. The summed E-state index contributed by atoms with van der Waals surface area (Å²) in [5.41, 5.74) is -0.433. The average molecular weight is 1520 g/mol. The van der Waals surface area contributed by atoms with E-state index >= 15 is 42.3 Å². The largest absolute Gasteiger partial charge is 0.422 e. The van der Waals surface area contributed by atoms with E-state index in [2.05, 4.69) is 21.4 Å². The van der Waals surface area contributed by atoms with Crippen molar-refractivity contribution in [2.24, 2.45) is 29.1 Å². The first kappa shape index (κ1) is 85.2. The molecule has 108 heavy (non-hydrogen) atoms. The summed E-state index contributed by atoms with van der Waals surface area (Å²) in [6, 6.07) is -2.00. The summed E-state index contributed by atoms with van der Waals surface area (Å²) in [6.45, 7) is 11.4. The number of alkyl halides is 3. The molecule has 1 spiro atoms. The van der Waals surface area contributed by atoms with E-state index in [0.717, 1.165) is 20.4 Å². The molecule has 30 heteroatoms. The van der Waals surface area contributed by atoms with Gasteiger partial charge in [-0.3, -0.25) is 62.5 Å². The van der Waals surface area contributed by atoms with Gasteiger partial charge in [-0.2, -0.15) is 13.2 Å². The number of nitrogens with one attached hydrogen (secondary N) is 4. The maximum atomic E-state index is 15.8. The number of aryl methyl sites for hydroxylation is 2. The zero-order chi connectivity index (χ0) is 79.8. The Morgan fingerprint density at radius 3 is 1.94 bits per heavy atom. The number of fused-ring (bicyclic) bond motifs is 3. The third-order valence-corrected chi connectivity index (χ3v) is 22.7. The van der Waals surface area contributed by atoms with E-state index in [4.69, 9.17) is 4.74 Å².